The molecule has 0 bridgehead atoms. The molecule has 4 rings (SSSR count). The Morgan fingerprint density at radius 1 is 0.893 bits per heavy atom. The van der Waals surface area contributed by atoms with Crippen molar-refractivity contribution in [2.75, 3.05) is 5.32 Å². The second kappa shape index (κ2) is 7.70. The molecule has 0 radical (unpaired) electrons. The van der Waals surface area contributed by atoms with Crippen molar-refractivity contribution in [2.24, 2.45) is 0 Å². The Bertz CT molecular complexity index is 1130. The van der Waals surface area contributed by atoms with Crippen molar-refractivity contribution in [3.05, 3.63) is 95.4 Å². The Morgan fingerprint density at radius 3 is 2.32 bits per heavy atom. The van der Waals surface area contributed by atoms with Gasteiger partial charge in [0.05, 0.1) is 5.69 Å². The van der Waals surface area contributed by atoms with E-state index in [1.54, 1.807) is 17.5 Å². The molecule has 1 heterocycles. The van der Waals surface area contributed by atoms with E-state index >= 15 is 0 Å². The highest BCUT2D eigenvalue weighted by Crippen LogP contribution is 2.28. The summed E-state index contributed by atoms with van der Waals surface area (Å²) in [6.07, 6.45) is 0. The van der Waals surface area contributed by atoms with E-state index in [9.17, 15) is 13.6 Å². The highest BCUT2D eigenvalue weighted by Gasteiger charge is 2.13. The Kier molecular flexibility index (Phi) is 4.95. The molecule has 0 saturated carbocycles. The van der Waals surface area contributed by atoms with Crippen molar-refractivity contribution in [3.8, 4) is 22.4 Å². The lowest BCUT2D eigenvalue weighted by Gasteiger charge is -2.05. The zero-order valence-corrected chi connectivity index (χ0v) is 15.3. The van der Waals surface area contributed by atoms with Gasteiger partial charge in [-0.15, -0.1) is 11.3 Å². The zero-order chi connectivity index (χ0) is 19.5. The lowest BCUT2D eigenvalue weighted by Crippen LogP contribution is -2.11. The number of carbonyl (C=O) groups excluding carboxylic acids is 1. The van der Waals surface area contributed by atoms with Crippen LogP contribution in [0.3, 0.4) is 0 Å². The molecule has 3 nitrogen and oxygen atoms in total. The van der Waals surface area contributed by atoms with Crippen LogP contribution in [-0.4, -0.2) is 10.9 Å². The lowest BCUT2D eigenvalue weighted by atomic mass is 10.0. The van der Waals surface area contributed by atoms with Gasteiger partial charge in [-0.25, -0.2) is 13.8 Å². The second-order valence-corrected chi connectivity index (χ2v) is 6.92. The van der Waals surface area contributed by atoms with E-state index in [1.807, 2.05) is 42.5 Å². The van der Waals surface area contributed by atoms with Crippen LogP contribution in [0.1, 0.15) is 10.4 Å². The summed E-state index contributed by atoms with van der Waals surface area (Å²) in [6.45, 7) is 0. The number of amides is 1. The molecular formula is C22H14F2N2OS. The van der Waals surface area contributed by atoms with Gasteiger partial charge in [-0.2, -0.15) is 0 Å². The van der Waals surface area contributed by atoms with E-state index in [2.05, 4.69) is 10.3 Å². The lowest BCUT2D eigenvalue weighted by molar-refractivity contribution is 0.102. The van der Waals surface area contributed by atoms with Gasteiger partial charge in [0, 0.05) is 22.6 Å². The standard InChI is InChI=1S/C22H14F2N2OS/c23-17-10-11-18(19(24)12-17)20-13-28-22(25-20)26-21(27)16-8-6-15(7-9-16)14-4-2-1-3-5-14/h1-13H,(H,25,26,27). The van der Waals surface area contributed by atoms with Gasteiger partial charge in [-0.3, -0.25) is 10.1 Å². The van der Waals surface area contributed by atoms with Gasteiger partial charge in [0.1, 0.15) is 11.6 Å². The molecule has 1 amide bonds. The van der Waals surface area contributed by atoms with Crippen LogP contribution < -0.4 is 5.32 Å². The summed E-state index contributed by atoms with van der Waals surface area (Å²) in [4.78, 5) is 16.7. The molecule has 0 unspecified atom stereocenters. The van der Waals surface area contributed by atoms with Gasteiger partial charge in [0.15, 0.2) is 5.13 Å². The average molecular weight is 392 g/mol. The Hall–Kier alpha value is -3.38. The fourth-order valence-corrected chi connectivity index (χ4v) is 3.47. The molecule has 1 aromatic heterocycles. The number of carbonyl (C=O) groups is 1. The first kappa shape index (κ1) is 18.0. The maximum absolute atomic E-state index is 13.9. The Morgan fingerprint density at radius 2 is 1.61 bits per heavy atom. The molecule has 6 heteroatoms. The van der Waals surface area contributed by atoms with Crippen LogP contribution in [0.15, 0.2) is 78.2 Å². The SMILES string of the molecule is O=C(Nc1nc(-c2ccc(F)cc2F)cs1)c1ccc(-c2ccccc2)cc1. The Balaban J connectivity index is 1.49. The summed E-state index contributed by atoms with van der Waals surface area (Å²) in [5.74, 6) is -1.65. The van der Waals surface area contributed by atoms with Crippen LogP contribution >= 0.6 is 11.3 Å². The van der Waals surface area contributed by atoms with Gasteiger partial charge in [-0.05, 0) is 35.4 Å². The molecular weight excluding hydrogens is 378 g/mol. The molecule has 0 aliphatic rings. The first-order valence-corrected chi connectivity index (χ1v) is 9.36. The summed E-state index contributed by atoms with van der Waals surface area (Å²) < 4.78 is 26.9. The number of anilines is 1. The fourth-order valence-electron chi connectivity index (χ4n) is 2.77. The third-order valence-corrected chi connectivity index (χ3v) is 4.94. The molecule has 0 aliphatic heterocycles. The summed E-state index contributed by atoms with van der Waals surface area (Å²) in [6, 6.07) is 20.4. The van der Waals surface area contributed by atoms with Gasteiger partial charge < -0.3 is 0 Å². The maximum Gasteiger partial charge on any atom is 0.257 e. The largest absolute Gasteiger partial charge is 0.298 e. The van der Waals surface area contributed by atoms with Crippen molar-refractivity contribution in [1.29, 1.82) is 0 Å². The third kappa shape index (κ3) is 3.82. The van der Waals surface area contributed by atoms with Crippen molar-refractivity contribution in [2.45, 2.75) is 0 Å². The maximum atomic E-state index is 13.9. The molecule has 28 heavy (non-hydrogen) atoms. The molecule has 3 aromatic carbocycles. The number of hydrogen-bond donors (Lipinski definition) is 1. The predicted molar refractivity (Wildman–Crippen MR) is 107 cm³/mol. The number of benzene rings is 3. The molecule has 0 atom stereocenters. The van der Waals surface area contributed by atoms with E-state index in [1.165, 1.54) is 23.5 Å². The van der Waals surface area contributed by atoms with Gasteiger partial charge in [0.2, 0.25) is 0 Å². The summed E-state index contributed by atoms with van der Waals surface area (Å²) >= 11 is 1.18. The van der Waals surface area contributed by atoms with Crippen molar-refractivity contribution in [1.82, 2.24) is 4.98 Å². The highest BCUT2D eigenvalue weighted by atomic mass is 32.1. The molecule has 0 spiro atoms. The quantitative estimate of drug-likeness (QED) is 0.462. The van der Waals surface area contributed by atoms with Gasteiger partial charge in [-0.1, -0.05) is 42.5 Å². The number of hydrogen-bond acceptors (Lipinski definition) is 3. The fraction of sp³-hybridized carbons (Fsp3) is 0. The first-order chi connectivity index (χ1) is 13.6. The van der Waals surface area contributed by atoms with Crippen molar-refractivity contribution in [3.63, 3.8) is 0 Å². The summed E-state index contributed by atoms with van der Waals surface area (Å²) in [5, 5.41) is 4.67. The first-order valence-electron chi connectivity index (χ1n) is 8.48. The van der Waals surface area contributed by atoms with E-state index in [0.29, 0.717) is 16.4 Å². The number of halogens is 2. The minimum Gasteiger partial charge on any atom is -0.298 e. The minimum absolute atomic E-state index is 0.186. The average Bonchev–Trinajstić information content (AvgIpc) is 3.17. The van der Waals surface area contributed by atoms with E-state index in [-0.39, 0.29) is 11.5 Å². The number of rotatable bonds is 4. The van der Waals surface area contributed by atoms with E-state index < -0.39 is 11.6 Å². The predicted octanol–water partition coefficient (Wildman–Crippen LogP) is 6.01. The van der Waals surface area contributed by atoms with Gasteiger partial charge >= 0.3 is 0 Å². The van der Waals surface area contributed by atoms with Crippen molar-refractivity contribution >= 4 is 22.4 Å². The molecule has 0 fully saturated rings. The smallest absolute Gasteiger partial charge is 0.257 e. The molecule has 4 aromatic rings. The summed E-state index contributed by atoms with van der Waals surface area (Å²) in [5.41, 5.74) is 3.10. The van der Waals surface area contributed by atoms with Crippen LogP contribution in [0.5, 0.6) is 0 Å². The van der Waals surface area contributed by atoms with Crippen molar-refractivity contribution < 1.29 is 13.6 Å². The van der Waals surface area contributed by atoms with Crippen LogP contribution in [-0.2, 0) is 0 Å². The number of aromatic nitrogens is 1. The minimum atomic E-state index is -0.695. The van der Waals surface area contributed by atoms with Crippen LogP contribution in [0.2, 0.25) is 0 Å². The molecule has 138 valence electrons. The normalized spacial score (nSPS) is 10.6. The topological polar surface area (TPSA) is 42.0 Å². The molecule has 1 N–H and O–H groups in total. The number of thiazole rings is 1. The Labute approximate surface area is 164 Å². The zero-order valence-electron chi connectivity index (χ0n) is 14.5. The van der Waals surface area contributed by atoms with E-state index in [4.69, 9.17) is 0 Å². The molecule has 0 aliphatic carbocycles. The van der Waals surface area contributed by atoms with Crippen LogP contribution in [0.4, 0.5) is 13.9 Å². The summed E-state index contributed by atoms with van der Waals surface area (Å²) in [7, 11) is 0. The monoisotopic (exact) mass is 392 g/mol. The van der Waals surface area contributed by atoms with Gasteiger partial charge in [0.25, 0.3) is 5.91 Å². The second-order valence-electron chi connectivity index (χ2n) is 6.06. The number of nitrogens with one attached hydrogen (secondary N) is 1. The van der Waals surface area contributed by atoms with Crippen LogP contribution in [0, 0.1) is 11.6 Å². The van der Waals surface area contributed by atoms with E-state index in [0.717, 1.165) is 17.2 Å². The highest BCUT2D eigenvalue weighted by molar-refractivity contribution is 7.14. The number of nitrogens with zero attached hydrogens (tertiary/aromatic N) is 1. The molecule has 0 saturated heterocycles. The van der Waals surface area contributed by atoms with Crippen LogP contribution in [0.25, 0.3) is 22.4 Å². The third-order valence-electron chi connectivity index (χ3n) is 4.19.